The van der Waals surface area contributed by atoms with E-state index >= 15 is 0 Å². The van der Waals surface area contributed by atoms with Crippen LogP contribution < -0.4 is 15.1 Å². The maximum atomic E-state index is 12.8. The van der Waals surface area contributed by atoms with Crippen LogP contribution in [0.2, 0.25) is 0 Å². The zero-order valence-corrected chi connectivity index (χ0v) is 25.5. The van der Waals surface area contributed by atoms with E-state index in [1.807, 2.05) is 30.3 Å². The van der Waals surface area contributed by atoms with Gasteiger partial charge in [0, 0.05) is 35.9 Å². The predicted octanol–water partition coefficient (Wildman–Crippen LogP) is 2.07. The number of nitrogens with one attached hydrogen (secondary N) is 2. The first-order valence-corrected chi connectivity index (χ1v) is 16.5. The van der Waals surface area contributed by atoms with Crippen molar-refractivity contribution in [1.82, 2.24) is 20.3 Å². The van der Waals surface area contributed by atoms with Crippen LogP contribution in [0.25, 0.3) is 22.3 Å². The van der Waals surface area contributed by atoms with Crippen molar-refractivity contribution in [3.63, 3.8) is 0 Å². The topological polar surface area (TPSA) is 119 Å². The molecule has 5 heterocycles. The fourth-order valence-corrected chi connectivity index (χ4v) is 7.14. The monoisotopic (exact) mass is 601 g/mol. The molecule has 4 aromatic rings. The number of ether oxygens (including phenoxy) is 1. The largest absolute Gasteiger partial charge is 0.370 e. The van der Waals surface area contributed by atoms with Crippen molar-refractivity contribution < 1.29 is 22.8 Å². The maximum absolute atomic E-state index is 12.8. The summed E-state index contributed by atoms with van der Waals surface area (Å²) in [4.78, 5) is 31.4. The summed E-state index contributed by atoms with van der Waals surface area (Å²) in [7, 11) is -3.44. The fourth-order valence-electron chi connectivity index (χ4n) is 6.14. The van der Waals surface area contributed by atoms with Gasteiger partial charge in [-0.2, -0.15) is 0 Å². The van der Waals surface area contributed by atoms with E-state index in [1.54, 1.807) is 30.2 Å². The second-order valence-corrected chi connectivity index (χ2v) is 13.6. The molecule has 2 saturated heterocycles. The van der Waals surface area contributed by atoms with Crippen molar-refractivity contribution in [3.05, 3.63) is 77.6 Å². The van der Waals surface area contributed by atoms with Crippen molar-refractivity contribution in [1.29, 1.82) is 0 Å². The zero-order chi connectivity index (χ0) is 30.1. The van der Waals surface area contributed by atoms with Gasteiger partial charge in [-0.05, 0) is 55.0 Å². The van der Waals surface area contributed by atoms with E-state index in [2.05, 4.69) is 28.2 Å². The van der Waals surface area contributed by atoms with Gasteiger partial charge in [0.25, 0.3) is 5.91 Å². The van der Waals surface area contributed by atoms with E-state index in [9.17, 15) is 13.2 Å². The quantitative estimate of drug-likeness (QED) is 0.331. The highest BCUT2D eigenvalue weighted by Crippen LogP contribution is 2.26. The summed E-state index contributed by atoms with van der Waals surface area (Å²) in [5, 5.41) is 3.73. The minimum atomic E-state index is -3.44. The van der Waals surface area contributed by atoms with Crippen molar-refractivity contribution >= 4 is 32.5 Å². The van der Waals surface area contributed by atoms with E-state index < -0.39 is 9.84 Å². The van der Waals surface area contributed by atoms with E-state index in [0.717, 1.165) is 73.8 Å². The van der Waals surface area contributed by atoms with Crippen LogP contribution in [0.1, 0.15) is 28.5 Å². The summed E-state index contributed by atoms with van der Waals surface area (Å²) < 4.78 is 29.7. The average Bonchev–Trinajstić information content (AvgIpc) is 3.41. The van der Waals surface area contributed by atoms with Gasteiger partial charge in [-0.15, -0.1) is 0 Å². The maximum Gasteiger partial charge on any atom is 0.251 e. The summed E-state index contributed by atoms with van der Waals surface area (Å²) in [6.45, 7) is 9.98. The highest BCUT2D eigenvalue weighted by Gasteiger charge is 2.38. The van der Waals surface area contributed by atoms with Crippen LogP contribution in [-0.2, 0) is 21.1 Å². The van der Waals surface area contributed by atoms with Gasteiger partial charge in [-0.25, -0.2) is 18.4 Å². The third kappa shape index (κ3) is 6.39. The van der Waals surface area contributed by atoms with Gasteiger partial charge in [0.1, 0.15) is 24.9 Å². The molecule has 2 fully saturated rings. The smallest absolute Gasteiger partial charge is 0.251 e. The molecule has 0 aliphatic carbocycles. The number of sulfone groups is 1. The average molecular weight is 602 g/mol. The van der Waals surface area contributed by atoms with Crippen molar-refractivity contribution in [2.45, 2.75) is 31.3 Å². The van der Waals surface area contributed by atoms with Crippen molar-refractivity contribution in [2.24, 2.45) is 5.92 Å². The number of aryl methyl sites for hydroxylation is 1. The summed E-state index contributed by atoms with van der Waals surface area (Å²) in [5.74, 6) is 1.18. The first-order valence-electron chi connectivity index (χ1n) is 14.6. The van der Waals surface area contributed by atoms with Crippen LogP contribution in [0.3, 0.4) is 0 Å². The number of hydrogen-bond donors (Lipinski definition) is 2. The molecule has 3 aromatic heterocycles. The van der Waals surface area contributed by atoms with Gasteiger partial charge >= 0.3 is 0 Å². The number of amides is 1. The van der Waals surface area contributed by atoms with Crippen LogP contribution in [0.15, 0.2) is 65.7 Å². The Bertz CT molecular complexity index is 1770. The van der Waals surface area contributed by atoms with Gasteiger partial charge in [0.15, 0.2) is 9.84 Å². The molecule has 43 heavy (non-hydrogen) atoms. The summed E-state index contributed by atoms with van der Waals surface area (Å²) in [6, 6.07) is 17.1. The van der Waals surface area contributed by atoms with E-state index in [0.29, 0.717) is 23.2 Å². The SMILES string of the molecule is Cc1ccc(C(=O)NCc2cc3nc(-c4cccc(N5CC([NH+]6CCOCC6)[C@H](C)C5)n4)ccc3cn2)cc1S(C)(=O)=O. The Labute approximate surface area is 252 Å². The van der Waals surface area contributed by atoms with E-state index in [-0.39, 0.29) is 22.9 Å². The van der Waals surface area contributed by atoms with E-state index in [1.165, 1.54) is 6.07 Å². The molecular formula is C32H37N6O4S+. The molecule has 0 bridgehead atoms. The van der Waals surface area contributed by atoms with Gasteiger partial charge in [0.2, 0.25) is 0 Å². The van der Waals surface area contributed by atoms with Crippen molar-refractivity contribution in [2.75, 3.05) is 50.5 Å². The Balaban J connectivity index is 1.17. The van der Waals surface area contributed by atoms with Crippen LogP contribution in [0.4, 0.5) is 5.82 Å². The second kappa shape index (κ2) is 12.0. The zero-order valence-electron chi connectivity index (χ0n) is 24.7. The summed E-state index contributed by atoms with van der Waals surface area (Å²) in [6.07, 6.45) is 2.88. The second-order valence-electron chi connectivity index (χ2n) is 11.6. The molecule has 10 nitrogen and oxygen atoms in total. The third-order valence-electron chi connectivity index (χ3n) is 8.50. The number of fused-ring (bicyclic) bond motifs is 1. The molecule has 6 rings (SSSR count). The molecule has 2 N–H and O–H groups in total. The molecule has 2 atom stereocenters. The lowest BCUT2D eigenvalue weighted by Gasteiger charge is -2.31. The number of benzene rings is 1. The Kier molecular flexibility index (Phi) is 8.13. The molecule has 2 aliphatic heterocycles. The number of hydrogen-bond acceptors (Lipinski definition) is 8. The predicted molar refractivity (Wildman–Crippen MR) is 165 cm³/mol. The van der Waals surface area contributed by atoms with E-state index in [4.69, 9.17) is 14.7 Å². The Morgan fingerprint density at radius 3 is 2.63 bits per heavy atom. The normalized spacial score (nSPS) is 19.6. The lowest BCUT2D eigenvalue weighted by molar-refractivity contribution is -0.933. The van der Waals surface area contributed by atoms with Gasteiger partial charge in [-0.3, -0.25) is 9.78 Å². The molecule has 224 valence electrons. The number of anilines is 1. The third-order valence-corrected chi connectivity index (χ3v) is 9.74. The van der Waals surface area contributed by atoms with Crippen LogP contribution in [0, 0.1) is 12.8 Å². The fraction of sp³-hybridized carbons (Fsp3) is 0.375. The Hall–Kier alpha value is -3.93. The molecule has 2 aliphatic rings. The molecule has 0 saturated carbocycles. The number of rotatable bonds is 7. The van der Waals surface area contributed by atoms with Gasteiger partial charge in [0.05, 0.1) is 53.8 Å². The van der Waals surface area contributed by atoms with Crippen LogP contribution in [-0.4, -0.2) is 81.0 Å². The Morgan fingerprint density at radius 2 is 1.84 bits per heavy atom. The first kappa shape index (κ1) is 29.2. The number of nitrogens with zero attached hydrogens (tertiary/aromatic N) is 4. The first-order chi connectivity index (χ1) is 20.7. The lowest BCUT2D eigenvalue weighted by Crippen LogP contribution is -3.18. The Morgan fingerprint density at radius 1 is 1.05 bits per heavy atom. The number of quaternary nitrogens is 1. The molecular weight excluding hydrogens is 564 g/mol. The standard InChI is InChI=1S/C32H36N6O4S/c1-21-7-8-23(15-30(21)43(3,40)41)32(39)34-18-25-16-28-24(17-33-25)9-10-27(35-28)26-5-4-6-31(36-26)38-19-22(2)29(20-38)37-11-13-42-14-12-37/h4-10,15-17,22,29H,11-14,18-20H2,1-3H3,(H,34,39)/p+1/t22-,29?/m1/s1. The molecule has 1 unspecified atom stereocenters. The minimum absolute atomic E-state index is 0.149. The van der Waals surface area contributed by atoms with Crippen LogP contribution in [0.5, 0.6) is 0 Å². The highest BCUT2D eigenvalue weighted by molar-refractivity contribution is 7.90. The number of morpholine rings is 1. The summed E-state index contributed by atoms with van der Waals surface area (Å²) >= 11 is 0. The molecule has 11 heteroatoms. The number of pyridine rings is 3. The lowest BCUT2D eigenvalue weighted by atomic mass is 10.0. The number of aromatic nitrogens is 3. The summed E-state index contributed by atoms with van der Waals surface area (Å²) in [5.41, 5.74) is 3.86. The number of carbonyl (C=O) groups is 1. The highest BCUT2D eigenvalue weighted by atomic mass is 32.2. The molecule has 1 amide bonds. The van der Waals surface area contributed by atoms with Gasteiger partial charge < -0.3 is 19.9 Å². The minimum Gasteiger partial charge on any atom is -0.370 e. The number of carbonyl (C=O) groups excluding carboxylic acids is 1. The van der Waals surface area contributed by atoms with Gasteiger partial charge in [-0.1, -0.05) is 19.1 Å². The van der Waals surface area contributed by atoms with Crippen LogP contribution >= 0.6 is 0 Å². The molecule has 0 spiro atoms. The molecule has 0 radical (unpaired) electrons. The van der Waals surface area contributed by atoms with Crippen molar-refractivity contribution in [3.8, 4) is 11.4 Å². The molecule has 1 aromatic carbocycles.